The van der Waals surface area contributed by atoms with E-state index >= 15 is 0 Å². The highest BCUT2D eigenvalue weighted by Gasteiger charge is 2.32. The van der Waals surface area contributed by atoms with Crippen LogP contribution in [0.25, 0.3) is 11.1 Å². The van der Waals surface area contributed by atoms with Crippen molar-refractivity contribution in [1.29, 1.82) is 0 Å². The molecule has 3 aromatic rings. The van der Waals surface area contributed by atoms with Gasteiger partial charge in [-0.15, -0.1) is 0 Å². The fourth-order valence-electron chi connectivity index (χ4n) is 4.04. The number of nitrogen functional groups attached to an aromatic ring is 1. The molecule has 2 aromatic heterocycles. The van der Waals surface area contributed by atoms with Gasteiger partial charge in [-0.05, 0) is 50.8 Å². The van der Waals surface area contributed by atoms with Crippen LogP contribution in [-0.2, 0) is 11.2 Å². The molecular weight excluding hydrogens is 402 g/mol. The number of carbonyl (C=O) groups is 1. The van der Waals surface area contributed by atoms with Gasteiger partial charge in [-0.2, -0.15) is 0 Å². The molecule has 1 atom stereocenters. The van der Waals surface area contributed by atoms with E-state index < -0.39 is 0 Å². The molecule has 0 radical (unpaired) electrons. The summed E-state index contributed by atoms with van der Waals surface area (Å²) < 4.78 is 5.23. The molecule has 1 aliphatic heterocycles. The molecule has 2 N–H and O–H groups in total. The Balaban J connectivity index is 1.70. The molecule has 4 rings (SSSR count). The van der Waals surface area contributed by atoms with Crippen molar-refractivity contribution in [2.24, 2.45) is 0 Å². The number of halogens is 1. The standard InChI is InChI=1S/C22H24ClN5O2/c1-13-17(14(2)30-27-13)11-20(29)28-10-4-3-5-19(28)21-18(12-25-22(24)26-21)15-6-8-16(23)9-7-15/h6-9,12,19H,3-5,10-11H2,1-2H3,(H2,24,25,26)/t19-/m1/s1. The van der Waals surface area contributed by atoms with Crippen LogP contribution >= 0.6 is 11.6 Å². The number of rotatable bonds is 4. The zero-order valence-corrected chi connectivity index (χ0v) is 17.8. The number of aromatic nitrogens is 3. The number of benzene rings is 1. The number of hydrogen-bond donors (Lipinski definition) is 1. The van der Waals surface area contributed by atoms with Crippen LogP contribution in [0.3, 0.4) is 0 Å². The molecule has 1 aromatic carbocycles. The van der Waals surface area contributed by atoms with E-state index in [0.717, 1.165) is 47.3 Å². The highest BCUT2D eigenvalue weighted by molar-refractivity contribution is 6.30. The van der Waals surface area contributed by atoms with Gasteiger partial charge in [-0.1, -0.05) is 28.9 Å². The van der Waals surface area contributed by atoms with Crippen LogP contribution in [0.4, 0.5) is 5.95 Å². The Bertz CT molecular complexity index is 1040. The van der Waals surface area contributed by atoms with Gasteiger partial charge >= 0.3 is 0 Å². The Morgan fingerprint density at radius 1 is 1.27 bits per heavy atom. The summed E-state index contributed by atoms with van der Waals surface area (Å²) in [6, 6.07) is 7.36. The number of piperidine rings is 1. The van der Waals surface area contributed by atoms with Gasteiger partial charge in [0.1, 0.15) is 5.76 Å². The lowest BCUT2D eigenvalue weighted by atomic mass is 9.93. The predicted octanol–water partition coefficient (Wildman–Crippen LogP) is 4.28. The molecule has 156 valence electrons. The Morgan fingerprint density at radius 2 is 2.03 bits per heavy atom. The number of likely N-dealkylation sites (tertiary alicyclic amines) is 1. The van der Waals surface area contributed by atoms with Gasteiger partial charge in [-0.3, -0.25) is 4.79 Å². The number of carbonyl (C=O) groups excluding carboxylic acids is 1. The lowest BCUT2D eigenvalue weighted by Crippen LogP contribution is -2.40. The first-order valence-corrected chi connectivity index (χ1v) is 10.4. The van der Waals surface area contributed by atoms with Gasteiger partial charge in [0, 0.05) is 28.9 Å². The second-order valence-electron chi connectivity index (χ2n) is 7.61. The van der Waals surface area contributed by atoms with Gasteiger partial charge in [0.15, 0.2) is 0 Å². The van der Waals surface area contributed by atoms with Crippen molar-refractivity contribution in [3.05, 3.63) is 58.2 Å². The van der Waals surface area contributed by atoms with Crippen molar-refractivity contribution in [3.63, 3.8) is 0 Å². The largest absolute Gasteiger partial charge is 0.368 e. The Hall–Kier alpha value is -2.93. The van der Waals surface area contributed by atoms with E-state index in [1.54, 1.807) is 6.20 Å². The Morgan fingerprint density at radius 3 is 2.73 bits per heavy atom. The number of aryl methyl sites for hydroxylation is 2. The van der Waals surface area contributed by atoms with E-state index in [1.807, 2.05) is 43.0 Å². The molecule has 8 heteroatoms. The van der Waals surface area contributed by atoms with Crippen molar-refractivity contribution in [2.75, 3.05) is 12.3 Å². The van der Waals surface area contributed by atoms with Gasteiger partial charge in [0.05, 0.1) is 23.9 Å². The highest BCUT2D eigenvalue weighted by atomic mass is 35.5. The fraction of sp³-hybridized carbons (Fsp3) is 0.364. The van der Waals surface area contributed by atoms with E-state index in [2.05, 4.69) is 15.1 Å². The minimum absolute atomic E-state index is 0.0355. The number of anilines is 1. The molecule has 0 saturated carbocycles. The first-order chi connectivity index (χ1) is 14.4. The molecule has 7 nitrogen and oxygen atoms in total. The van der Waals surface area contributed by atoms with Crippen molar-refractivity contribution in [2.45, 2.75) is 45.6 Å². The van der Waals surface area contributed by atoms with Crippen molar-refractivity contribution < 1.29 is 9.32 Å². The Labute approximate surface area is 180 Å². The fourth-order valence-corrected chi connectivity index (χ4v) is 4.16. The molecule has 0 unspecified atom stereocenters. The third kappa shape index (κ3) is 4.03. The normalized spacial score (nSPS) is 16.6. The maximum atomic E-state index is 13.3. The second kappa shape index (κ2) is 8.44. The monoisotopic (exact) mass is 425 g/mol. The zero-order valence-electron chi connectivity index (χ0n) is 17.1. The van der Waals surface area contributed by atoms with Crippen LogP contribution in [0.1, 0.15) is 48.0 Å². The average Bonchev–Trinajstić information content (AvgIpc) is 3.06. The van der Waals surface area contributed by atoms with Gasteiger partial charge in [0.25, 0.3) is 0 Å². The molecule has 0 aliphatic carbocycles. The summed E-state index contributed by atoms with van der Waals surface area (Å²) in [6.07, 6.45) is 4.79. The second-order valence-corrected chi connectivity index (χ2v) is 8.05. The minimum Gasteiger partial charge on any atom is -0.368 e. The van der Waals surface area contributed by atoms with E-state index in [1.165, 1.54) is 0 Å². The maximum Gasteiger partial charge on any atom is 0.227 e. The quantitative estimate of drug-likeness (QED) is 0.669. The molecule has 30 heavy (non-hydrogen) atoms. The first kappa shape index (κ1) is 20.3. The molecule has 1 fully saturated rings. The van der Waals surface area contributed by atoms with E-state index in [4.69, 9.17) is 21.9 Å². The lowest BCUT2D eigenvalue weighted by Gasteiger charge is -2.36. The summed E-state index contributed by atoms with van der Waals surface area (Å²) >= 11 is 6.05. The molecule has 1 amide bonds. The SMILES string of the molecule is Cc1noc(C)c1CC(=O)N1CCCC[C@@H]1c1nc(N)ncc1-c1ccc(Cl)cc1. The summed E-state index contributed by atoms with van der Waals surface area (Å²) in [5.41, 5.74) is 10.1. The molecule has 1 saturated heterocycles. The van der Waals surface area contributed by atoms with Gasteiger partial charge < -0.3 is 15.2 Å². The van der Waals surface area contributed by atoms with Crippen molar-refractivity contribution >= 4 is 23.5 Å². The van der Waals surface area contributed by atoms with E-state index in [9.17, 15) is 4.79 Å². The topological polar surface area (TPSA) is 98.1 Å². The smallest absolute Gasteiger partial charge is 0.227 e. The summed E-state index contributed by atoms with van der Waals surface area (Å²) in [5, 5.41) is 4.63. The summed E-state index contributed by atoms with van der Waals surface area (Å²) in [5.74, 6) is 0.919. The molecule has 1 aliphatic rings. The summed E-state index contributed by atoms with van der Waals surface area (Å²) in [6.45, 7) is 4.37. The Kier molecular flexibility index (Phi) is 5.72. The molecule has 3 heterocycles. The van der Waals surface area contributed by atoms with Crippen molar-refractivity contribution in [1.82, 2.24) is 20.0 Å². The minimum atomic E-state index is -0.164. The first-order valence-electron chi connectivity index (χ1n) is 10.0. The number of hydrogen-bond acceptors (Lipinski definition) is 6. The number of amides is 1. The third-order valence-electron chi connectivity index (χ3n) is 5.64. The zero-order chi connectivity index (χ0) is 21.3. The van der Waals surface area contributed by atoms with E-state index in [0.29, 0.717) is 17.3 Å². The molecule has 0 spiro atoms. The molecular formula is C22H24ClN5O2. The maximum absolute atomic E-state index is 13.3. The highest BCUT2D eigenvalue weighted by Crippen LogP contribution is 2.36. The van der Waals surface area contributed by atoms with Crippen LogP contribution in [0.5, 0.6) is 0 Å². The van der Waals surface area contributed by atoms with Crippen molar-refractivity contribution in [3.8, 4) is 11.1 Å². The number of nitrogens with two attached hydrogens (primary N) is 1. The summed E-state index contributed by atoms with van der Waals surface area (Å²) in [7, 11) is 0. The summed E-state index contributed by atoms with van der Waals surface area (Å²) in [4.78, 5) is 24.0. The molecule has 0 bridgehead atoms. The van der Waals surface area contributed by atoms with Crippen LogP contribution < -0.4 is 5.73 Å². The lowest BCUT2D eigenvalue weighted by molar-refractivity contribution is -0.134. The van der Waals surface area contributed by atoms with Crippen LogP contribution in [0.15, 0.2) is 35.0 Å². The van der Waals surface area contributed by atoms with Crippen LogP contribution in [0, 0.1) is 13.8 Å². The van der Waals surface area contributed by atoms with Crippen LogP contribution in [-0.4, -0.2) is 32.5 Å². The third-order valence-corrected chi connectivity index (χ3v) is 5.89. The predicted molar refractivity (Wildman–Crippen MR) is 115 cm³/mol. The van der Waals surface area contributed by atoms with E-state index in [-0.39, 0.29) is 24.3 Å². The van der Waals surface area contributed by atoms with Gasteiger partial charge in [-0.25, -0.2) is 9.97 Å². The van der Waals surface area contributed by atoms with Gasteiger partial charge in [0.2, 0.25) is 11.9 Å². The van der Waals surface area contributed by atoms with Crippen LogP contribution in [0.2, 0.25) is 5.02 Å². The average molecular weight is 426 g/mol. The number of nitrogens with zero attached hydrogens (tertiary/aromatic N) is 4.